The van der Waals surface area contributed by atoms with Crippen LogP contribution in [-0.2, 0) is 4.79 Å². The zero-order chi connectivity index (χ0) is 20.4. The molecule has 3 aromatic rings. The SMILES string of the molecule is Cc1ccc(C(N)C(=O)N2CCCC(c3nc(-c4ccc(F)cc4)no3)C2)cc1. The third-order valence-corrected chi connectivity index (χ3v) is 5.33. The summed E-state index contributed by atoms with van der Waals surface area (Å²) in [6.07, 6.45) is 1.69. The van der Waals surface area contributed by atoms with Crippen LogP contribution in [0.15, 0.2) is 53.1 Å². The van der Waals surface area contributed by atoms with Crippen LogP contribution >= 0.6 is 0 Å². The number of carbonyl (C=O) groups excluding carboxylic acids is 1. The fourth-order valence-electron chi connectivity index (χ4n) is 3.61. The summed E-state index contributed by atoms with van der Waals surface area (Å²) in [5.74, 6) is 0.450. The predicted molar refractivity (Wildman–Crippen MR) is 106 cm³/mol. The Balaban J connectivity index is 1.46. The second kappa shape index (κ2) is 8.13. The fraction of sp³-hybridized carbons (Fsp3) is 0.318. The summed E-state index contributed by atoms with van der Waals surface area (Å²) in [4.78, 5) is 19.2. The van der Waals surface area contributed by atoms with E-state index in [0.29, 0.717) is 30.4 Å². The largest absolute Gasteiger partial charge is 0.340 e. The molecule has 0 bridgehead atoms. The van der Waals surface area contributed by atoms with Gasteiger partial charge in [0, 0.05) is 18.7 Å². The zero-order valence-electron chi connectivity index (χ0n) is 16.2. The Labute approximate surface area is 168 Å². The van der Waals surface area contributed by atoms with Crippen molar-refractivity contribution in [2.24, 2.45) is 5.73 Å². The molecule has 0 spiro atoms. The lowest BCUT2D eigenvalue weighted by Crippen LogP contribution is -2.43. The van der Waals surface area contributed by atoms with Crippen molar-refractivity contribution in [3.05, 3.63) is 71.4 Å². The van der Waals surface area contributed by atoms with E-state index < -0.39 is 6.04 Å². The maximum Gasteiger partial charge on any atom is 0.244 e. The average molecular weight is 394 g/mol. The van der Waals surface area contributed by atoms with Crippen molar-refractivity contribution in [2.75, 3.05) is 13.1 Å². The van der Waals surface area contributed by atoms with Crippen LogP contribution < -0.4 is 5.73 Å². The van der Waals surface area contributed by atoms with Gasteiger partial charge in [0.15, 0.2) is 0 Å². The molecule has 29 heavy (non-hydrogen) atoms. The Morgan fingerprint density at radius 3 is 2.66 bits per heavy atom. The van der Waals surface area contributed by atoms with Crippen LogP contribution in [0.1, 0.15) is 41.8 Å². The summed E-state index contributed by atoms with van der Waals surface area (Å²) in [6.45, 7) is 3.15. The number of benzene rings is 2. The summed E-state index contributed by atoms with van der Waals surface area (Å²) in [7, 11) is 0. The van der Waals surface area contributed by atoms with Gasteiger partial charge < -0.3 is 15.2 Å². The Morgan fingerprint density at radius 2 is 1.93 bits per heavy atom. The second-order valence-electron chi connectivity index (χ2n) is 7.47. The molecule has 0 saturated carbocycles. The molecule has 6 nitrogen and oxygen atoms in total. The number of aromatic nitrogens is 2. The van der Waals surface area contributed by atoms with Crippen LogP contribution in [0.2, 0.25) is 0 Å². The first-order chi connectivity index (χ1) is 14.0. The van der Waals surface area contributed by atoms with Gasteiger partial charge in [-0.3, -0.25) is 4.79 Å². The number of nitrogens with zero attached hydrogens (tertiary/aromatic N) is 3. The Hall–Kier alpha value is -3.06. The number of hydrogen-bond acceptors (Lipinski definition) is 5. The van der Waals surface area contributed by atoms with Crippen molar-refractivity contribution in [3.63, 3.8) is 0 Å². The lowest BCUT2D eigenvalue weighted by molar-refractivity contribution is -0.134. The van der Waals surface area contributed by atoms with Gasteiger partial charge in [0.25, 0.3) is 0 Å². The molecule has 1 aliphatic heterocycles. The van der Waals surface area contributed by atoms with Gasteiger partial charge in [0.05, 0.1) is 5.92 Å². The number of nitrogens with two attached hydrogens (primary N) is 1. The standard InChI is InChI=1S/C22H23FN4O2/c1-14-4-6-15(7-5-14)19(24)22(28)27-12-2-3-17(13-27)21-25-20(26-29-21)16-8-10-18(23)11-9-16/h4-11,17,19H,2-3,12-13,24H2,1H3. The molecule has 7 heteroatoms. The van der Waals surface area contributed by atoms with E-state index in [1.807, 2.05) is 31.2 Å². The number of rotatable bonds is 4. The quantitative estimate of drug-likeness (QED) is 0.731. The molecule has 2 N–H and O–H groups in total. The molecule has 1 saturated heterocycles. The fourth-order valence-corrected chi connectivity index (χ4v) is 3.61. The molecule has 1 aliphatic rings. The number of amides is 1. The van der Waals surface area contributed by atoms with Gasteiger partial charge in [-0.15, -0.1) is 0 Å². The Bertz CT molecular complexity index is 985. The summed E-state index contributed by atoms with van der Waals surface area (Å²) >= 11 is 0. The van der Waals surface area contributed by atoms with Crippen LogP contribution in [0.4, 0.5) is 4.39 Å². The maximum atomic E-state index is 13.1. The third kappa shape index (κ3) is 4.19. The van der Waals surface area contributed by atoms with E-state index in [9.17, 15) is 9.18 Å². The minimum absolute atomic E-state index is 0.0420. The van der Waals surface area contributed by atoms with Gasteiger partial charge in [-0.1, -0.05) is 35.0 Å². The number of aryl methyl sites for hydroxylation is 1. The van der Waals surface area contributed by atoms with Crippen LogP contribution in [0.5, 0.6) is 0 Å². The van der Waals surface area contributed by atoms with E-state index in [1.54, 1.807) is 17.0 Å². The maximum absolute atomic E-state index is 13.1. The van der Waals surface area contributed by atoms with Crippen molar-refractivity contribution in [1.82, 2.24) is 15.0 Å². The van der Waals surface area contributed by atoms with E-state index in [0.717, 1.165) is 24.0 Å². The number of halogens is 1. The lowest BCUT2D eigenvalue weighted by atomic mass is 9.96. The highest BCUT2D eigenvalue weighted by molar-refractivity contribution is 5.83. The van der Waals surface area contributed by atoms with E-state index in [4.69, 9.17) is 10.3 Å². The molecule has 2 unspecified atom stereocenters. The van der Waals surface area contributed by atoms with Gasteiger partial charge in [-0.05, 0) is 49.6 Å². The zero-order valence-corrected chi connectivity index (χ0v) is 16.2. The Morgan fingerprint density at radius 1 is 1.21 bits per heavy atom. The van der Waals surface area contributed by atoms with Crippen LogP contribution in [0.25, 0.3) is 11.4 Å². The monoisotopic (exact) mass is 394 g/mol. The van der Waals surface area contributed by atoms with Gasteiger partial charge >= 0.3 is 0 Å². The number of hydrogen-bond donors (Lipinski definition) is 1. The first kappa shape index (κ1) is 19.3. The van der Waals surface area contributed by atoms with Crippen LogP contribution in [-0.4, -0.2) is 34.0 Å². The molecule has 1 fully saturated rings. The minimum atomic E-state index is -0.688. The Kier molecular flexibility index (Phi) is 5.40. The molecular formula is C22H23FN4O2. The third-order valence-electron chi connectivity index (χ3n) is 5.33. The summed E-state index contributed by atoms with van der Waals surface area (Å²) in [5, 5.41) is 4.02. The highest BCUT2D eigenvalue weighted by atomic mass is 19.1. The van der Waals surface area contributed by atoms with Crippen molar-refractivity contribution >= 4 is 5.91 Å². The lowest BCUT2D eigenvalue weighted by Gasteiger charge is -2.32. The van der Waals surface area contributed by atoms with Crippen molar-refractivity contribution in [3.8, 4) is 11.4 Å². The molecule has 0 aliphatic carbocycles. The van der Waals surface area contributed by atoms with Crippen molar-refractivity contribution in [1.29, 1.82) is 0 Å². The predicted octanol–water partition coefficient (Wildman–Crippen LogP) is 3.59. The van der Waals surface area contributed by atoms with Crippen LogP contribution in [0.3, 0.4) is 0 Å². The average Bonchev–Trinajstić information content (AvgIpc) is 3.24. The highest BCUT2D eigenvalue weighted by Crippen LogP contribution is 2.29. The first-order valence-corrected chi connectivity index (χ1v) is 9.72. The van der Waals surface area contributed by atoms with Crippen molar-refractivity contribution in [2.45, 2.75) is 31.7 Å². The van der Waals surface area contributed by atoms with Crippen LogP contribution in [0, 0.1) is 12.7 Å². The molecule has 150 valence electrons. The number of piperidine rings is 1. The number of likely N-dealkylation sites (tertiary alicyclic amines) is 1. The minimum Gasteiger partial charge on any atom is -0.340 e. The van der Waals surface area contributed by atoms with Gasteiger partial charge in [-0.2, -0.15) is 4.98 Å². The topological polar surface area (TPSA) is 85.3 Å². The van der Waals surface area contributed by atoms with Crippen molar-refractivity contribution < 1.29 is 13.7 Å². The highest BCUT2D eigenvalue weighted by Gasteiger charge is 2.31. The molecule has 2 heterocycles. The van der Waals surface area contributed by atoms with Gasteiger partial charge in [-0.25, -0.2) is 4.39 Å². The smallest absolute Gasteiger partial charge is 0.244 e. The molecule has 2 atom stereocenters. The summed E-state index contributed by atoms with van der Waals surface area (Å²) < 4.78 is 18.6. The second-order valence-corrected chi connectivity index (χ2v) is 7.47. The molecular weight excluding hydrogens is 371 g/mol. The molecule has 2 aromatic carbocycles. The van der Waals surface area contributed by atoms with Gasteiger partial charge in [0.2, 0.25) is 17.6 Å². The molecule has 1 aromatic heterocycles. The van der Waals surface area contributed by atoms with E-state index >= 15 is 0 Å². The number of carbonyl (C=O) groups is 1. The first-order valence-electron chi connectivity index (χ1n) is 9.72. The molecule has 0 radical (unpaired) electrons. The van der Waals surface area contributed by atoms with E-state index in [1.165, 1.54) is 12.1 Å². The van der Waals surface area contributed by atoms with Gasteiger partial charge in [0.1, 0.15) is 11.9 Å². The normalized spacial score (nSPS) is 17.9. The summed E-state index contributed by atoms with van der Waals surface area (Å²) in [6, 6.07) is 13.0. The molecule has 1 amide bonds. The van der Waals surface area contributed by atoms with E-state index in [2.05, 4.69) is 10.1 Å². The van der Waals surface area contributed by atoms with E-state index in [-0.39, 0.29) is 17.6 Å². The molecule has 4 rings (SSSR count). The summed E-state index contributed by atoms with van der Waals surface area (Å²) in [5.41, 5.74) is 8.84.